The molecule has 58 valence electrons. The lowest BCUT2D eigenvalue weighted by Gasteiger charge is -2.22. The Bertz CT molecular complexity index is 151. The van der Waals surface area contributed by atoms with E-state index in [1.54, 1.807) is 0 Å². The average Bonchev–Trinajstić information content (AvgIpc) is 1.95. The van der Waals surface area contributed by atoms with Crippen LogP contribution in [0.15, 0.2) is 11.1 Å². The molecule has 1 rings (SSSR count). The highest BCUT2D eigenvalue weighted by atomic mass is 16.5. The molecule has 0 amide bonds. The molecule has 0 heterocycles. The van der Waals surface area contributed by atoms with Crippen molar-refractivity contribution < 1.29 is 5.21 Å². The Balaban J connectivity index is 2.54. The van der Waals surface area contributed by atoms with Crippen LogP contribution in [0.1, 0.15) is 33.1 Å². The molecular formula is C8H15NO. The maximum Gasteiger partial charge on any atom is 0.0359 e. The van der Waals surface area contributed by atoms with Crippen LogP contribution in [0.25, 0.3) is 0 Å². The van der Waals surface area contributed by atoms with Crippen LogP contribution in [0.2, 0.25) is 0 Å². The van der Waals surface area contributed by atoms with Gasteiger partial charge in [-0.1, -0.05) is 11.1 Å². The normalized spacial score (nSPS) is 27.3. The first-order valence-electron chi connectivity index (χ1n) is 3.79. The number of rotatable bonds is 1. The number of nitrogens with one attached hydrogen (secondary N) is 1. The molecule has 2 nitrogen and oxygen atoms in total. The molecule has 1 atom stereocenters. The van der Waals surface area contributed by atoms with Crippen molar-refractivity contribution in [3.8, 4) is 0 Å². The summed E-state index contributed by atoms with van der Waals surface area (Å²) in [6, 6.07) is 0.295. The molecule has 0 radical (unpaired) electrons. The van der Waals surface area contributed by atoms with Gasteiger partial charge in [0.25, 0.3) is 0 Å². The maximum absolute atomic E-state index is 8.62. The summed E-state index contributed by atoms with van der Waals surface area (Å²) in [7, 11) is 0. The fourth-order valence-electron chi connectivity index (χ4n) is 1.36. The van der Waals surface area contributed by atoms with Crippen molar-refractivity contribution in [1.29, 1.82) is 0 Å². The Hall–Kier alpha value is -0.340. The fraction of sp³-hybridized carbons (Fsp3) is 0.750. The predicted molar refractivity (Wildman–Crippen MR) is 40.9 cm³/mol. The third kappa shape index (κ3) is 1.58. The van der Waals surface area contributed by atoms with E-state index >= 15 is 0 Å². The summed E-state index contributed by atoms with van der Waals surface area (Å²) < 4.78 is 0. The van der Waals surface area contributed by atoms with Crippen molar-refractivity contribution in [3.63, 3.8) is 0 Å². The molecule has 0 spiro atoms. The Morgan fingerprint density at radius 1 is 1.40 bits per heavy atom. The van der Waals surface area contributed by atoms with Gasteiger partial charge in [-0.3, -0.25) is 0 Å². The minimum absolute atomic E-state index is 0.295. The van der Waals surface area contributed by atoms with Crippen LogP contribution in [-0.2, 0) is 0 Å². The molecule has 0 aromatic heterocycles. The van der Waals surface area contributed by atoms with Crippen molar-refractivity contribution in [3.05, 3.63) is 11.1 Å². The number of allylic oxidation sites excluding steroid dienone is 1. The first-order chi connectivity index (χ1) is 4.74. The minimum Gasteiger partial charge on any atom is -0.317 e. The van der Waals surface area contributed by atoms with Gasteiger partial charge in [-0.05, 0) is 33.1 Å². The summed E-state index contributed by atoms with van der Waals surface area (Å²) in [6.45, 7) is 4.31. The molecule has 2 N–H and O–H groups in total. The van der Waals surface area contributed by atoms with Gasteiger partial charge in [-0.2, -0.15) is 0 Å². The van der Waals surface area contributed by atoms with E-state index in [-0.39, 0.29) is 0 Å². The first kappa shape index (κ1) is 7.76. The fourth-order valence-corrected chi connectivity index (χ4v) is 1.36. The molecule has 1 aliphatic rings. The Kier molecular flexibility index (Phi) is 2.46. The standard InChI is InChI=1S/C8H15NO/c1-6-3-4-8(9-10)5-7(6)2/h8-10H,3-5H2,1-2H3. The van der Waals surface area contributed by atoms with Gasteiger partial charge in [-0.15, -0.1) is 0 Å². The zero-order valence-electron chi connectivity index (χ0n) is 6.65. The summed E-state index contributed by atoms with van der Waals surface area (Å²) in [6.07, 6.45) is 3.20. The van der Waals surface area contributed by atoms with Crippen molar-refractivity contribution >= 4 is 0 Å². The van der Waals surface area contributed by atoms with E-state index < -0.39 is 0 Å². The lowest BCUT2D eigenvalue weighted by atomic mass is 9.90. The predicted octanol–water partition coefficient (Wildman–Crippen LogP) is 1.85. The van der Waals surface area contributed by atoms with E-state index in [2.05, 4.69) is 19.3 Å². The largest absolute Gasteiger partial charge is 0.317 e. The molecular weight excluding hydrogens is 126 g/mol. The molecule has 0 fully saturated rings. The van der Waals surface area contributed by atoms with Gasteiger partial charge in [0.15, 0.2) is 0 Å². The third-order valence-electron chi connectivity index (χ3n) is 2.33. The molecule has 0 aliphatic heterocycles. The van der Waals surface area contributed by atoms with Crippen molar-refractivity contribution in [2.75, 3.05) is 0 Å². The van der Waals surface area contributed by atoms with Gasteiger partial charge in [0.05, 0.1) is 0 Å². The second kappa shape index (κ2) is 3.17. The lowest BCUT2D eigenvalue weighted by Crippen LogP contribution is -2.28. The smallest absolute Gasteiger partial charge is 0.0359 e. The maximum atomic E-state index is 8.62. The zero-order chi connectivity index (χ0) is 7.56. The molecule has 10 heavy (non-hydrogen) atoms. The van der Waals surface area contributed by atoms with Crippen molar-refractivity contribution in [2.45, 2.75) is 39.2 Å². The third-order valence-corrected chi connectivity index (χ3v) is 2.33. The number of hydroxylamine groups is 1. The lowest BCUT2D eigenvalue weighted by molar-refractivity contribution is 0.119. The van der Waals surface area contributed by atoms with Crippen LogP contribution >= 0.6 is 0 Å². The summed E-state index contributed by atoms with van der Waals surface area (Å²) in [4.78, 5) is 0. The van der Waals surface area contributed by atoms with E-state index in [4.69, 9.17) is 5.21 Å². The van der Waals surface area contributed by atoms with Crippen LogP contribution in [-0.4, -0.2) is 11.2 Å². The Labute approximate surface area is 61.9 Å². The monoisotopic (exact) mass is 141 g/mol. The summed E-state index contributed by atoms with van der Waals surface area (Å²) >= 11 is 0. The Morgan fingerprint density at radius 3 is 2.60 bits per heavy atom. The molecule has 2 heteroatoms. The van der Waals surface area contributed by atoms with E-state index in [9.17, 15) is 0 Å². The topological polar surface area (TPSA) is 32.3 Å². The second-order valence-electron chi connectivity index (χ2n) is 3.13. The van der Waals surface area contributed by atoms with Gasteiger partial charge in [0, 0.05) is 6.04 Å². The molecule has 0 aromatic rings. The molecule has 0 aromatic carbocycles. The van der Waals surface area contributed by atoms with Gasteiger partial charge in [0.2, 0.25) is 0 Å². The quantitative estimate of drug-likeness (QED) is 0.431. The van der Waals surface area contributed by atoms with Crippen LogP contribution < -0.4 is 5.48 Å². The number of hydrogen-bond acceptors (Lipinski definition) is 2. The second-order valence-corrected chi connectivity index (χ2v) is 3.13. The van der Waals surface area contributed by atoms with Crippen LogP contribution in [0, 0.1) is 0 Å². The van der Waals surface area contributed by atoms with Crippen LogP contribution in [0.3, 0.4) is 0 Å². The van der Waals surface area contributed by atoms with Crippen LogP contribution in [0.4, 0.5) is 0 Å². The SMILES string of the molecule is CC1=C(C)CC(NO)CC1. The van der Waals surface area contributed by atoms with Gasteiger partial charge in [0.1, 0.15) is 0 Å². The minimum atomic E-state index is 0.295. The molecule has 1 unspecified atom stereocenters. The van der Waals surface area contributed by atoms with E-state index in [0.717, 1.165) is 19.3 Å². The summed E-state index contributed by atoms with van der Waals surface area (Å²) in [5, 5.41) is 8.62. The van der Waals surface area contributed by atoms with Crippen LogP contribution in [0.5, 0.6) is 0 Å². The number of hydrogen-bond donors (Lipinski definition) is 2. The van der Waals surface area contributed by atoms with Gasteiger partial charge < -0.3 is 5.21 Å². The molecule has 0 saturated carbocycles. The van der Waals surface area contributed by atoms with Gasteiger partial charge >= 0.3 is 0 Å². The molecule has 0 saturated heterocycles. The zero-order valence-corrected chi connectivity index (χ0v) is 6.65. The summed E-state index contributed by atoms with van der Waals surface area (Å²) in [5.41, 5.74) is 5.24. The first-order valence-corrected chi connectivity index (χ1v) is 3.79. The van der Waals surface area contributed by atoms with Crippen molar-refractivity contribution in [2.24, 2.45) is 0 Å². The van der Waals surface area contributed by atoms with E-state index in [1.807, 2.05) is 0 Å². The highest BCUT2D eigenvalue weighted by Crippen LogP contribution is 2.23. The molecule has 1 aliphatic carbocycles. The highest BCUT2D eigenvalue weighted by molar-refractivity contribution is 5.14. The van der Waals surface area contributed by atoms with E-state index in [0.29, 0.717) is 6.04 Å². The Morgan fingerprint density at radius 2 is 2.10 bits per heavy atom. The summed E-state index contributed by atoms with van der Waals surface area (Å²) in [5.74, 6) is 0. The van der Waals surface area contributed by atoms with Crippen molar-refractivity contribution in [1.82, 2.24) is 5.48 Å². The average molecular weight is 141 g/mol. The highest BCUT2D eigenvalue weighted by Gasteiger charge is 2.14. The van der Waals surface area contributed by atoms with E-state index in [1.165, 1.54) is 11.1 Å². The molecule has 0 bridgehead atoms. The van der Waals surface area contributed by atoms with Gasteiger partial charge in [-0.25, -0.2) is 5.48 Å².